The molecule has 0 unspecified atom stereocenters. The largest absolute Gasteiger partial charge is 0.496 e. The Morgan fingerprint density at radius 2 is 2.22 bits per heavy atom. The minimum absolute atomic E-state index is 0.662. The molecule has 0 atom stereocenters. The Balaban J connectivity index is 2.15. The SMILES string of the molecule is COc1ccc(Cl)cc1CSc1nnc(C)n1N. The summed E-state index contributed by atoms with van der Waals surface area (Å²) in [6.07, 6.45) is 0. The van der Waals surface area contributed by atoms with Gasteiger partial charge >= 0.3 is 0 Å². The van der Waals surface area contributed by atoms with Gasteiger partial charge in [0.1, 0.15) is 11.6 Å². The fourth-order valence-corrected chi connectivity index (χ4v) is 2.53. The maximum atomic E-state index is 5.97. The highest BCUT2D eigenvalue weighted by Crippen LogP contribution is 2.28. The molecule has 0 aliphatic heterocycles. The Morgan fingerprint density at radius 1 is 1.44 bits per heavy atom. The van der Waals surface area contributed by atoms with Crippen LogP contribution in [0.25, 0.3) is 0 Å². The molecule has 5 nitrogen and oxygen atoms in total. The average Bonchev–Trinajstić information content (AvgIpc) is 2.68. The van der Waals surface area contributed by atoms with Crippen molar-refractivity contribution in [2.75, 3.05) is 13.0 Å². The number of ether oxygens (including phenoxy) is 1. The van der Waals surface area contributed by atoms with E-state index in [0.717, 1.165) is 11.3 Å². The van der Waals surface area contributed by atoms with Gasteiger partial charge in [0.25, 0.3) is 0 Å². The molecule has 18 heavy (non-hydrogen) atoms. The average molecular weight is 285 g/mol. The van der Waals surface area contributed by atoms with Crippen LogP contribution in [0, 0.1) is 6.92 Å². The third kappa shape index (κ3) is 2.70. The molecule has 0 fully saturated rings. The molecule has 0 aliphatic rings. The normalized spacial score (nSPS) is 10.6. The van der Waals surface area contributed by atoms with Crippen LogP contribution in [0.1, 0.15) is 11.4 Å². The Bertz CT molecular complexity index is 558. The molecule has 0 spiro atoms. The van der Waals surface area contributed by atoms with Gasteiger partial charge in [-0.3, -0.25) is 0 Å². The lowest BCUT2D eigenvalue weighted by Gasteiger charge is -2.08. The quantitative estimate of drug-likeness (QED) is 0.689. The van der Waals surface area contributed by atoms with Crippen molar-refractivity contribution in [3.63, 3.8) is 0 Å². The van der Waals surface area contributed by atoms with Crippen molar-refractivity contribution >= 4 is 23.4 Å². The number of nitrogens with two attached hydrogens (primary N) is 1. The van der Waals surface area contributed by atoms with Crippen LogP contribution >= 0.6 is 23.4 Å². The van der Waals surface area contributed by atoms with Gasteiger partial charge in [0, 0.05) is 16.3 Å². The van der Waals surface area contributed by atoms with E-state index in [4.69, 9.17) is 22.2 Å². The zero-order valence-electron chi connectivity index (χ0n) is 10.1. The maximum absolute atomic E-state index is 5.97. The summed E-state index contributed by atoms with van der Waals surface area (Å²) in [6.45, 7) is 1.80. The van der Waals surface area contributed by atoms with Crippen molar-refractivity contribution in [2.24, 2.45) is 0 Å². The molecule has 1 aromatic carbocycles. The number of halogens is 1. The Hall–Kier alpha value is -1.40. The van der Waals surface area contributed by atoms with Crippen LogP contribution < -0.4 is 10.6 Å². The summed E-state index contributed by atoms with van der Waals surface area (Å²) in [4.78, 5) is 0. The summed E-state index contributed by atoms with van der Waals surface area (Å²) in [6, 6.07) is 5.51. The Labute approximate surface area is 114 Å². The number of nitrogens with zero attached hydrogens (tertiary/aromatic N) is 3. The molecule has 0 radical (unpaired) electrons. The van der Waals surface area contributed by atoms with Crippen LogP contribution in [0.15, 0.2) is 23.4 Å². The monoisotopic (exact) mass is 284 g/mol. The summed E-state index contributed by atoms with van der Waals surface area (Å²) in [5, 5.41) is 9.22. The van der Waals surface area contributed by atoms with Crippen LogP contribution in [0.4, 0.5) is 0 Å². The number of rotatable bonds is 4. The molecule has 0 amide bonds. The molecule has 1 aromatic heterocycles. The lowest BCUT2D eigenvalue weighted by molar-refractivity contribution is 0.411. The van der Waals surface area contributed by atoms with Gasteiger partial charge in [-0.15, -0.1) is 10.2 Å². The molecular formula is C11H13ClN4OS. The number of methoxy groups -OCH3 is 1. The van der Waals surface area contributed by atoms with E-state index in [9.17, 15) is 0 Å². The first kappa shape index (κ1) is 13.0. The maximum Gasteiger partial charge on any atom is 0.210 e. The number of hydrogen-bond acceptors (Lipinski definition) is 5. The van der Waals surface area contributed by atoms with E-state index >= 15 is 0 Å². The molecule has 0 saturated heterocycles. The summed E-state index contributed by atoms with van der Waals surface area (Å²) in [5.41, 5.74) is 0.996. The van der Waals surface area contributed by atoms with Crippen molar-refractivity contribution in [1.82, 2.24) is 14.9 Å². The van der Waals surface area contributed by atoms with E-state index in [0.29, 0.717) is 21.8 Å². The highest BCUT2D eigenvalue weighted by Gasteiger charge is 2.09. The van der Waals surface area contributed by atoms with Gasteiger partial charge in [-0.25, -0.2) is 4.68 Å². The van der Waals surface area contributed by atoms with Gasteiger partial charge < -0.3 is 10.6 Å². The number of benzene rings is 1. The summed E-state index contributed by atoms with van der Waals surface area (Å²) in [7, 11) is 1.63. The number of aromatic nitrogens is 3. The lowest BCUT2D eigenvalue weighted by Crippen LogP contribution is -2.11. The first-order valence-corrected chi connectivity index (χ1v) is 6.60. The van der Waals surface area contributed by atoms with Crippen molar-refractivity contribution in [3.05, 3.63) is 34.6 Å². The van der Waals surface area contributed by atoms with E-state index in [2.05, 4.69) is 10.2 Å². The second-order valence-electron chi connectivity index (χ2n) is 3.64. The zero-order valence-corrected chi connectivity index (χ0v) is 11.6. The number of hydrogen-bond donors (Lipinski definition) is 1. The van der Waals surface area contributed by atoms with E-state index < -0.39 is 0 Å². The number of aryl methyl sites for hydroxylation is 1. The second kappa shape index (κ2) is 5.49. The second-order valence-corrected chi connectivity index (χ2v) is 5.02. The molecule has 7 heteroatoms. The van der Waals surface area contributed by atoms with E-state index in [-0.39, 0.29) is 0 Å². The Morgan fingerprint density at radius 3 is 2.83 bits per heavy atom. The van der Waals surface area contributed by atoms with Gasteiger partial charge in [0.05, 0.1) is 7.11 Å². The predicted molar refractivity (Wildman–Crippen MR) is 72.5 cm³/mol. The molecule has 0 saturated carbocycles. The summed E-state index contributed by atoms with van der Waals surface area (Å²) >= 11 is 7.45. The minimum atomic E-state index is 0.662. The van der Waals surface area contributed by atoms with E-state index in [1.54, 1.807) is 20.1 Å². The molecule has 2 aromatic rings. The van der Waals surface area contributed by atoms with Gasteiger partial charge in [-0.2, -0.15) is 0 Å². The Kier molecular flexibility index (Phi) is 3.98. The van der Waals surface area contributed by atoms with Crippen molar-refractivity contribution in [2.45, 2.75) is 17.8 Å². The van der Waals surface area contributed by atoms with Crippen LogP contribution in [0.5, 0.6) is 5.75 Å². The molecule has 2 N–H and O–H groups in total. The topological polar surface area (TPSA) is 66.0 Å². The van der Waals surface area contributed by atoms with Gasteiger partial charge in [0.2, 0.25) is 5.16 Å². The highest BCUT2D eigenvalue weighted by molar-refractivity contribution is 7.98. The number of nitrogen functional groups attached to an aromatic ring is 1. The molecule has 0 aliphatic carbocycles. The van der Waals surface area contributed by atoms with E-state index in [1.807, 2.05) is 12.1 Å². The predicted octanol–water partition coefficient (Wildman–Crippen LogP) is 2.25. The third-order valence-electron chi connectivity index (χ3n) is 2.43. The lowest BCUT2D eigenvalue weighted by atomic mass is 10.2. The standard InChI is InChI=1S/C11H13ClN4OS/c1-7-14-15-11(16(7)13)18-6-8-5-9(12)3-4-10(8)17-2/h3-5H,6,13H2,1-2H3. The molecule has 2 rings (SSSR count). The van der Waals surface area contributed by atoms with Crippen LogP contribution in [0.2, 0.25) is 5.02 Å². The summed E-state index contributed by atoms with van der Waals surface area (Å²) < 4.78 is 6.74. The van der Waals surface area contributed by atoms with Crippen molar-refractivity contribution in [3.8, 4) is 5.75 Å². The molecular weight excluding hydrogens is 272 g/mol. The molecule has 1 heterocycles. The fourth-order valence-electron chi connectivity index (χ4n) is 1.45. The van der Waals surface area contributed by atoms with Crippen LogP contribution in [0.3, 0.4) is 0 Å². The first-order valence-electron chi connectivity index (χ1n) is 5.24. The fraction of sp³-hybridized carbons (Fsp3) is 0.273. The van der Waals surface area contributed by atoms with Gasteiger partial charge in [-0.05, 0) is 25.1 Å². The molecule has 0 bridgehead atoms. The van der Waals surface area contributed by atoms with Gasteiger partial charge in [-0.1, -0.05) is 23.4 Å². The van der Waals surface area contributed by atoms with E-state index in [1.165, 1.54) is 16.4 Å². The minimum Gasteiger partial charge on any atom is -0.496 e. The summed E-state index contributed by atoms with van der Waals surface area (Å²) in [5.74, 6) is 7.92. The van der Waals surface area contributed by atoms with Crippen molar-refractivity contribution < 1.29 is 4.74 Å². The molecule has 96 valence electrons. The zero-order chi connectivity index (χ0) is 13.1. The smallest absolute Gasteiger partial charge is 0.210 e. The van der Waals surface area contributed by atoms with Gasteiger partial charge in [0.15, 0.2) is 0 Å². The third-order valence-corrected chi connectivity index (χ3v) is 3.66. The van der Waals surface area contributed by atoms with Crippen molar-refractivity contribution in [1.29, 1.82) is 0 Å². The first-order chi connectivity index (χ1) is 8.61. The number of thioether (sulfide) groups is 1. The van der Waals surface area contributed by atoms with Crippen LogP contribution in [-0.2, 0) is 5.75 Å². The highest BCUT2D eigenvalue weighted by atomic mass is 35.5. The van der Waals surface area contributed by atoms with Crippen LogP contribution in [-0.4, -0.2) is 22.0 Å².